The molecule has 4 heteroatoms. The molecule has 31 heavy (non-hydrogen) atoms. The molecule has 0 aromatic carbocycles. The van der Waals surface area contributed by atoms with Gasteiger partial charge in [0.1, 0.15) is 0 Å². The number of unbranched alkanes of at least 4 members (excludes halogenated alkanes) is 2. The Bertz CT molecular complexity index is 619. The molecule has 0 bridgehead atoms. The third-order valence-corrected chi connectivity index (χ3v) is 6.90. The molecule has 0 amide bonds. The van der Waals surface area contributed by atoms with E-state index in [1.165, 1.54) is 0 Å². The van der Waals surface area contributed by atoms with E-state index in [4.69, 9.17) is 0 Å². The summed E-state index contributed by atoms with van der Waals surface area (Å²) >= 11 is 0. The van der Waals surface area contributed by atoms with E-state index in [9.17, 15) is 20.4 Å². The van der Waals surface area contributed by atoms with Gasteiger partial charge in [-0.2, -0.15) is 0 Å². The van der Waals surface area contributed by atoms with Crippen molar-refractivity contribution in [2.45, 2.75) is 97.7 Å². The highest BCUT2D eigenvalue weighted by atomic mass is 16.3. The van der Waals surface area contributed by atoms with Crippen molar-refractivity contribution in [3.63, 3.8) is 0 Å². The van der Waals surface area contributed by atoms with Crippen LogP contribution in [0, 0.1) is 23.7 Å². The Hall–Kier alpha value is -1.52. The lowest BCUT2D eigenvalue weighted by atomic mass is 9.73. The van der Waals surface area contributed by atoms with Crippen molar-refractivity contribution in [2.75, 3.05) is 0 Å². The molecule has 0 radical (unpaired) electrons. The summed E-state index contributed by atoms with van der Waals surface area (Å²) in [6.45, 7) is 11.5. The SMILES string of the molecule is C=C([O-])C(C/C=C(/[O-])C(CCCCC)CCC1C(O)C(C)=CC(O)C1C)CC/C=C\C. The van der Waals surface area contributed by atoms with Gasteiger partial charge in [-0.25, -0.2) is 0 Å². The van der Waals surface area contributed by atoms with Gasteiger partial charge in [-0.05, 0) is 81.6 Å². The minimum Gasteiger partial charge on any atom is -0.876 e. The zero-order valence-corrected chi connectivity index (χ0v) is 20.1. The van der Waals surface area contributed by atoms with Crippen LogP contribution in [0.4, 0.5) is 0 Å². The molecule has 6 atom stereocenters. The third kappa shape index (κ3) is 9.24. The normalized spacial score (nSPS) is 26.6. The Balaban J connectivity index is 2.82. The van der Waals surface area contributed by atoms with Gasteiger partial charge in [0.25, 0.3) is 0 Å². The lowest BCUT2D eigenvalue weighted by Gasteiger charge is -2.37. The maximum Gasteiger partial charge on any atom is 0.0780 e. The number of hydrogen-bond acceptors (Lipinski definition) is 4. The van der Waals surface area contributed by atoms with Crippen molar-refractivity contribution >= 4 is 0 Å². The lowest BCUT2D eigenvalue weighted by Crippen LogP contribution is -2.38. The molecule has 0 aromatic rings. The van der Waals surface area contributed by atoms with Crippen molar-refractivity contribution in [3.05, 3.63) is 48.0 Å². The van der Waals surface area contributed by atoms with Crippen LogP contribution in [0.25, 0.3) is 0 Å². The molecule has 0 aromatic heterocycles. The molecule has 1 rings (SSSR count). The topological polar surface area (TPSA) is 86.6 Å². The van der Waals surface area contributed by atoms with Gasteiger partial charge < -0.3 is 20.4 Å². The lowest BCUT2D eigenvalue weighted by molar-refractivity contribution is -0.318. The number of aliphatic hydroxyl groups is 2. The number of rotatable bonds is 14. The largest absolute Gasteiger partial charge is 0.876 e. The van der Waals surface area contributed by atoms with E-state index in [0.717, 1.165) is 37.7 Å². The van der Waals surface area contributed by atoms with Gasteiger partial charge in [0.05, 0.1) is 12.2 Å². The van der Waals surface area contributed by atoms with E-state index in [-0.39, 0.29) is 35.2 Å². The fraction of sp³-hybridized carbons (Fsp3) is 0.704. The predicted molar refractivity (Wildman–Crippen MR) is 125 cm³/mol. The van der Waals surface area contributed by atoms with E-state index in [1.54, 1.807) is 12.2 Å². The first-order valence-corrected chi connectivity index (χ1v) is 12.1. The second kappa shape index (κ2) is 14.5. The van der Waals surface area contributed by atoms with Gasteiger partial charge in [0.2, 0.25) is 0 Å². The molecule has 0 saturated carbocycles. The second-order valence-electron chi connectivity index (χ2n) is 9.29. The van der Waals surface area contributed by atoms with Crippen molar-refractivity contribution in [2.24, 2.45) is 23.7 Å². The van der Waals surface area contributed by atoms with Gasteiger partial charge in [0, 0.05) is 0 Å². The first kappa shape index (κ1) is 27.5. The summed E-state index contributed by atoms with van der Waals surface area (Å²) in [7, 11) is 0. The van der Waals surface area contributed by atoms with Gasteiger partial charge in [-0.15, -0.1) is 18.1 Å². The Labute approximate surface area is 190 Å². The molecule has 0 saturated heterocycles. The van der Waals surface area contributed by atoms with Crippen LogP contribution in [0.2, 0.25) is 0 Å². The quantitative estimate of drug-likeness (QED) is 0.242. The minimum absolute atomic E-state index is 0.0335. The third-order valence-electron chi connectivity index (χ3n) is 6.90. The van der Waals surface area contributed by atoms with Crippen molar-refractivity contribution in [1.29, 1.82) is 0 Å². The van der Waals surface area contributed by atoms with Crippen LogP contribution >= 0.6 is 0 Å². The van der Waals surface area contributed by atoms with Gasteiger partial charge in [-0.1, -0.05) is 57.4 Å². The highest BCUT2D eigenvalue weighted by Gasteiger charge is 2.34. The Kier molecular flexibility index (Phi) is 12.9. The fourth-order valence-corrected chi connectivity index (χ4v) is 4.58. The summed E-state index contributed by atoms with van der Waals surface area (Å²) in [5.41, 5.74) is 0.814. The maximum atomic E-state index is 13.0. The van der Waals surface area contributed by atoms with E-state index in [0.29, 0.717) is 25.7 Å². The number of aliphatic hydroxyl groups excluding tert-OH is 2. The summed E-state index contributed by atoms with van der Waals surface area (Å²) in [4.78, 5) is 0. The Morgan fingerprint density at radius 3 is 2.48 bits per heavy atom. The minimum atomic E-state index is -0.562. The molecule has 1 aliphatic carbocycles. The molecule has 4 nitrogen and oxygen atoms in total. The molecule has 0 aliphatic heterocycles. The average molecular weight is 433 g/mol. The second-order valence-corrected chi connectivity index (χ2v) is 9.29. The smallest absolute Gasteiger partial charge is 0.0780 e. The van der Waals surface area contributed by atoms with E-state index in [1.807, 2.05) is 32.9 Å². The van der Waals surface area contributed by atoms with Crippen LogP contribution in [0.15, 0.2) is 48.0 Å². The fourth-order valence-electron chi connectivity index (χ4n) is 4.58. The summed E-state index contributed by atoms with van der Waals surface area (Å²) < 4.78 is 0. The van der Waals surface area contributed by atoms with Crippen molar-refractivity contribution < 1.29 is 20.4 Å². The molecule has 1 aliphatic rings. The average Bonchev–Trinajstić information content (AvgIpc) is 2.73. The van der Waals surface area contributed by atoms with Crippen molar-refractivity contribution in [1.82, 2.24) is 0 Å². The van der Waals surface area contributed by atoms with Crippen LogP contribution in [0.5, 0.6) is 0 Å². The zero-order valence-electron chi connectivity index (χ0n) is 20.1. The van der Waals surface area contributed by atoms with Gasteiger partial charge in [-0.3, -0.25) is 0 Å². The van der Waals surface area contributed by atoms with E-state index in [2.05, 4.69) is 13.5 Å². The summed E-state index contributed by atoms with van der Waals surface area (Å²) in [6, 6.07) is 0. The molecule has 0 spiro atoms. The Morgan fingerprint density at radius 1 is 1.16 bits per heavy atom. The van der Waals surface area contributed by atoms with Crippen LogP contribution in [-0.4, -0.2) is 22.4 Å². The predicted octanol–water partition coefficient (Wildman–Crippen LogP) is 4.38. The number of allylic oxidation sites excluding steroid dienone is 5. The van der Waals surface area contributed by atoms with Crippen LogP contribution in [-0.2, 0) is 0 Å². The van der Waals surface area contributed by atoms with Gasteiger partial charge in [0.15, 0.2) is 0 Å². The summed E-state index contributed by atoms with van der Waals surface area (Å²) in [5, 5.41) is 45.8. The molecule has 178 valence electrons. The first-order chi connectivity index (χ1) is 14.7. The van der Waals surface area contributed by atoms with Crippen LogP contribution in [0.1, 0.15) is 85.5 Å². The molecular formula is C27H44O4-2. The summed E-state index contributed by atoms with van der Waals surface area (Å²) in [6.07, 6.45) is 13.8. The molecule has 0 fully saturated rings. The van der Waals surface area contributed by atoms with Crippen LogP contribution < -0.4 is 10.2 Å². The first-order valence-electron chi connectivity index (χ1n) is 12.1. The van der Waals surface area contributed by atoms with E-state index < -0.39 is 12.2 Å². The maximum absolute atomic E-state index is 13.0. The number of hydrogen-bond donors (Lipinski definition) is 2. The molecule has 6 unspecified atom stereocenters. The molecule has 2 N–H and O–H groups in total. The van der Waals surface area contributed by atoms with E-state index >= 15 is 0 Å². The molecular weight excluding hydrogens is 388 g/mol. The van der Waals surface area contributed by atoms with Crippen molar-refractivity contribution in [3.8, 4) is 0 Å². The van der Waals surface area contributed by atoms with Crippen LogP contribution in [0.3, 0.4) is 0 Å². The highest BCUT2D eigenvalue weighted by Crippen LogP contribution is 2.35. The Morgan fingerprint density at radius 2 is 1.87 bits per heavy atom. The standard InChI is InChI=1S/C27H46O4/c1-6-8-10-12-22(21(5)28)15-17-25(29)23(13-11-9-7-2)14-16-24-20(4)26(30)18-19(3)27(24)31/h6,8,17-18,20,22-24,26-31H,5,7,9-16H2,1-4H3/p-2/b8-6-,25-17+. The highest BCUT2D eigenvalue weighted by molar-refractivity contribution is 5.15. The summed E-state index contributed by atoms with van der Waals surface area (Å²) in [5.74, 6) is -0.374. The monoisotopic (exact) mass is 432 g/mol. The molecule has 0 heterocycles. The zero-order chi connectivity index (χ0) is 23.4. The van der Waals surface area contributed by atoms with Gasteiger partial charge >= 0.3 is 0 Å².